The second kappa shape index (κ2) is 4.13. The van der Waals surface area contributed by atoms with Gasteiger partial charge in [0.15, 0.2) is 5.65 Å². The van der Waals surface area contributed by atoms with E-state index in [1.807, 2.05) is 0 Å². The van der Waals surface area contributed by atoms with E-state index in [4.69, 9.17) is 5.26 Å². The largest absolute Gasteiger partial charge is 0.478 e. The van der Waals surface area contributed by atoms with Crippen LogP contribution in [0.2, 0.25) is 0 Å². The summed E-state index contributed by atoms with van der Waals surface area (Å²) in [5, 5.41) is 26.5. The molecule has 9 nitrogen and oxygen atoms in total. The first-order valence-electron chi connectivity index (χ1n) is 5.48. The van der Waals surface area contributed by atoms with Crippen LogP contribution in [0.25, 0.3) is 16.7 Å². The first kappa shape index (κ1) is 11.8. The normalized spacial score (nSPS) is 10.6. The summed E-state index contributed by atoms with van der Waals surface area (Å²) in [5.41, 5.74) is 0.753. The van der Waals surface area contributed by atoms with E-state index in [1.54, 1.807) is 13.1 Å². The number of aromatic carboxylic acids is 1. The van der Waals surface area contributed by atoms with Crippen molar-refractivity contribution in [2.75, 3.05) is 0 Å². The summed E-state index contributed by atoms with van der Waals surface area (Å²) >= 11 is 0. The van der Waals surface area contributed by atoms with Crippen molar-refractivity contribution in [3.8, 4) is 11.8 Å². The molecule has 0 aliphatic heterocycles. The third-order valence-corrected chi connectivity index (χ3v) is 2.78. The average molecular weight is 269 g/mol. The van der Waals surface area contributed by atoms with Gasteiger partial charge in [-0.05, 0) is 0 Å². The zero-order valence-corrected chi connectivity index (χ0v) is 10.2. The molecule has 0 aliphatic carbocycles. The topological polar surface area (TPSA) is 123 Å². The van der Waals surface area contributed by atoms with Gasteiger partial charge in [0.25, 0.3) is 5.82 Å². The number of carboxylic acid groups (broad SMARTS) is 1. The van der Waals surface area contributed by atoms with E-state index >= 15 is 0 Å². The van der Waals surface area contributed by atoms with Gasteiger partial charge in [0.1, 0.15) is 18.0 Å². The van der Waals surface area contributed by atoms with Crippen LogP contribution >= 0.6 is 0 Å². The van der Waals surface area contributed by atoms with Gasteiger partial charge in [-0.25, -0.2) is 19.4 Å². The van der Waals surface area contributed by atoms with Crippen LogP contribution in [0.15, 0.2) is 18.7 Å². The van der Waals surface area contributed by atoms with Crippen molar-refractivity contribution >= 4 is 17.0 Å². The number of carbonyl (C=O) groups is 1. The monoisotopic (exact) mass is 269 g/mol. The third kappa shape index (κ3) is 1.59. The second-order valence-electron chi connectivity index (χ2n) is 3.96. The highest BCUT2D eigenvalue weighted by Crippen LogP contribution is 2.23. The van der Waals surface area contributed by atoms with Crippen molar-refractivity contribution in [2.45, 2.75) is 0 Å². The van der Waals surface area contributed by atoms with E-state index in [0.29, 0.717) is 11.0 Å². The molecule has 3 aromatic heterocycles. The molecule has 3 aromatic rings. The molecule has 0 saturated heterocycles. The highest BCUT2D eigenvalue weighted by Gasteiger charge is 2.19. The van der Waals surface area contributed by atoms with Gasteiger partial charge < -0.3 is 5.11 Å². The Morgan fingerprint density at radius 1 is 1.40 bits per heavy atom. The summed E-state index contributed by atoms with van der Waals surface area (Å²) < 4.78 is 2.76. The molecule has 0 amide bonds. The number of aryl methyl sites for hydroxylation is 1. The van der Waals surface area contributed by atoms with Crippen LogP contribution in [-0.4, -0.2) is 40.6 Å². The van der Waals surface area contributed by atoms with Crippen LogP contribution in [-0.2, 0) is 7.05 Å². The maximum Gasteiger partial charge on any atom is 0.339 e. The Morgan fingerprint density at radius 2 is 2.20 bits per heavy atom. The van der Waals surface area contributed by atoms with Crippen molar-refractivity contribution < 1.29 is 9.90 Å². The quantitative estimate of drug-likeness (QED) is 0.700. The van der Waals surface area contributed by atoms with Crippen molar-refractivity contribution in [2.24, 2.45) is 7.05 Å². The molecule has 3 heterocycles. The standard InChI is InChI=1S/C11H7N7O2/c1-17-10-6(4-15-17)9(7(3-13-10)11(19)20)18-5-14-8(2-12)16-18/h3-5H,1H3,(H,19,20). The van der Waals surface area contributed by atoms with Gasteiger partial charge in [0.05, 0.1) is 17.3 Å². The van der Waals surface area contributed by atoms with E-state index in [2.05, 4.69) is 20.2 Å². The molecular formula is C11H7N7O2. The lowest BCUT2D eigenvalue weighted by molar-refractivity contribution is 0.0696. The van der Waals surface area contributed by atoms with Crippen molar-refractivity contribution in [3.63, 3.8) is 0 Å². The highest BCUT2D eigenvalue weighted by atomic mass is 16.4. The van der Waals surface area contributed by atoms with E-state index in [9.17, 15) is 9.90 Å². The fraction of sp³-hybridized carbons (Fsp3) is 0.0909. The van der Waals surface area contributed by atoms with Crippen molar-refractivity contribution in [1.29, 1.82) is 5.26 Å². The average Bonchev–Trinajstić information content (AvgIpc) is 3.05. The Hall–Kier alpha value is -3.28. The predicted molar refractivity (Wildman–Crippen MR) is 65.1 cm³/mol. The van der Waals surface area contributed by atoms with Crippen LogP contribution in [0, 0.1) is 11.3 Å². The highest BCUT2D eigenvalue weighted by molar-refractivity contribution is 5.99. The number of pyridine rings is 1. The van der Waals surface area contributed by atoms with E-state index in [0.717, 1.165) is 0 Å². The summed E-state index contributed by atoms with van der Waals surface area (Å²) in [4.78, 5) is 19.2. The number of aromatic nitrogens is 6. The van der Waals surface area contributed by atoms with Gasteiger partial charge in [-0.15, -0.1) is 5.10 Å². The van der Waals surface area contributed by atoms with Gasteiger partial charge in [-0.1, -0.05) is 0 Å². The van der Waals surface area contributed by atoms with Crippen LogP contribution < -0.4 is 0 Å². The second-order valence-corrected chi connectivity index (χ2v) is 3.96. The summed E-state index contributed by atoms with van der Waals surface area (Å²) in [7, 11) is 1.70. The number of hydrogen-bond donors (Lipinski definition) is 1. The van der Waals surface area contributed by atoms with E-state index < -0.39 is 5.97 Å². The third-order valence-electron chi connectivity index (χ3n) is 2.78. The maximum atomic E-state index is 11.3. The molecule has 1 N–H and O–H groups in total. The van der Waals surface area contributed by atoms with Gasteiger partial charge in [0, 0.05) is 13.2 Å². The maximum absolute atomic E-state index is 11.3. The molecule has 0 atom stereocenters. The Labute approximate surface area is 111 Å². The molecule has 0 saturated carbocycles. The first-order valence-corrected chi connectivity index (χ1v) is 5.48. The molecule has 0 bridgehead atoms. The number of nitrogens with zero attached hydrogens (tertiary/aromatic N) is 7. The van der Waals surface area contributed by atoms with Crippen LogP contribution in [0.1, 0.15) is 16.2 Å². The lowest BCUT2D eigenvalue weighted by Gasteiger charge is -2.06. The number of hydrogen-bond acceptors (Lipinski definition) is 6. The lowest BCUT2D eigenvalue weighted by Crippen LogP contribution is -2.08. The minimum atomic E-state index is -1.15. The molecule has 0 unspecified atom stereocenters. The molecule has 98 valence electrons. The molecule has 0 spiro atoms. The lowest BCUT2D eigenvalue weighted by atomic mass is 10.2. The van der Waals surface area contributed by atoms with E-state index in [1.165, 1.54) is 28.1 Å². The van der Waals surface area contributed by atoms with Crippen molar-refractivity contribution in [3.05, 3.63) is 30.1 Å². The minimum absolute atomic E-state index is 0.0418. The van der Waals surface area contributed by atoms with Crippen LogP contribution in [0.5, 0.6) is 0 Å². The van der Waals surface area contributed by atoms with Gasteiger partial charge >= 0.3 is 5.97 Å². The molecule has 0 fully saturated rings. The Morgan fingerprint density at radius 3 is 2.85 bits per heavy atom. The summed E-state index contributed by atoms with van der Waals surface area (Å²) in [6.07, 6.45) is 4.01. The fourth-order valence-electron chi connectivity index (χ4n) is 1.91. The Kier molecular flexibility index (Phi) is 2.43. The zero-order chi connectivity index (χ0) is 14.3. The molecule has 0 aliphatic rings. The van der Waals surface area contributed by atoms with Gasteiger partial charge in [0.2, 0.25) is 0 Å². The zero-order valence-electron chi connectivity index (χ0n) is 10.2. The molecule has 3 rings (SSSR count). The van der Waals surface area contributed by atoms with Gasteiger partial charge in [-0.2, -0.15) is 10.4 Å². The fourth-order valence-corrected chi connectivity index (χ4v) is 1.91. The molecular weight excluding hydrogens is 262 g/mol. The molecule has 0 radical (unpaired) electrons. The summed E-state index contributed by atoms with van der Waals surface area (Å²) in [6, 6.07) is 1.79. The molecule has 20 heavy (non-hydrogen) atoms. The van der Waals surface area contributed by atoms with Crippen molar-refractivity contribution in [1.82, 2.24) is 29.5 Å². The Balaban J connectivity index is 2.38. The first-order chi connectivity index (χ1) is 9.61. The number of nitriles is 1. The van der Waals surface area contributed by atoms with Crippen LogP contribution in [0.3, 0.4) is 0 Å². The number of rotatable bonds is 2. The Bertz CT molecular complexity index is 871. The summed E-state index contributed by atoms with van der Waals surface area (Å²) in [6.45, 7) is 0. The van der Waals surface area contributed by atoms with Gasteiger partial charge in [-0.3, -0.25) is 4.68 Å². The number of fused-ring (bicyclic) bond motifs is 1. The molecule has 9 heteroatoms. The smallest absolute Gasteiger partial charge is 0.339 e. The van der Waals surface area contributed by atoms with Crippen LogP contribution in [0.4, 0.5) is 0 Å². The number of carboxylic acids is 1. The van der Waals surface area contributed by atoms with E-state index in [-0.39, 0.29) is 17.1 Å². The predicted octanol–water partition coefficient (Wildman–Crippen LogP) is 0.119. The summed E-state index contributed by atoms with van der Waals surface area (Å²) in [5.74, 6) is -1.19. The minimum Gasteiger partial charge on any atom is -0.478 e. The SMILES string of the molecule is Cn1ncc2c(-n3cnc(C#N)n3)c(C(=O)O)cnc21. The molecule has 0 aromatic carbocycles.